The number of H-pyrrole nitrogens is 1. The van der Waals surface area contributed by atoms with Gasteiger partial charge in [0.1, 0.15) is 5.82 Å². The van der Waals surface area contributed by atoms with Gasteiger partial charge in [-0.15, -0.1) is 0 Å². The van der Waals surface area contributed by atoms with E-state index in [9.17, 15) is 4.79 Å². The molecule has 0 saturated heterocycles. The van der Waals surface area contributed by atoms with Gasteiger partial charge < -0.3 is 9.47 Å². The molecule has 90 valence electrons. The number of carbonyl (C=O) groups is 1. The molecule has 0 aliphatic rings. The highest BCUT2D eigenvalue weighted by molar-refractivity contribution is 7.71. The van der Waals surface area contributed by atoms with Crippen molar-refractivity contribution in [3.63, 3.8) is 0 Å². The third kappa shape index (κ3) is 3.16. The number of nitrogens with zero attached hydrogens (tertiary/aromatic N) is 3. The lowest BCUT2D eigenvalue weighted by molar-refractivity contribution is -0.128. The molecular weight excluding hydrogens is 224 g/mol. The van der Waals surface area contributed by atoms with Crippen LogP contribution < -0.4 is 0 Å². The normalized spacial score (nSPS) is 10.4. The minimum absolute atomic E-state index is 0.102. The van der Waals surface area contributed by atoms with Gasteiger partial charge in [-0.1, -0.05) is 6.92 Å². The number of amides is 1. The number of hydrogen-bond donors (Lipinski definition) is 1. The molecule has 1 rings (SSSR count). The fourth-order valence-electron chi connectivity index (χ4n) is 1.43. The highest BCUT2D eigenvalue weighted by Gasteiger charge is 2.08. The molecule has 0 aliphatic carbocycles. The van der Waals surface area contributed by atoms with E-state index in [4.69, 9.17) is 12.2 Å². The number of carbonyl (C=O) groups excluding carboxylic acids is 1. The first-order chi connectivity index (χ1) is 7.56. The van der Waals surface area contributed by atoms with Crippen molar-refractivity contribution in [1.29, 1.82) is 0 Å². The molecule has 1 amide bonds. The molecule has 16 heavy (non-hydrogen) atoms. The van der Waals surface area contributed by atoms with Gasteiger partial charge in [-0.3, -0.25) is 9.89 Å². The van der Waals surface area contributed by atoms with Gasteiger partial charge in [0.05, 0.1) is 0 Å². The van der Waals surface area contributed by atoms with Crippen LogP contribution in [0.25, 0.3) is 0 Å². The third-order valence-corrected chi connectivity index (χ3v) is 2.67. The Balaban J connectivity index is 2.69. The Labute approximate surface area is 100 Å². The van der Waals surface area contributed by atoms with E-state index < -0.39 is 0 Å². The molecule has 1 N–H and O–H groups in total. The molecule has 6 heteroatoms. The van der Waals surface area contributed by atoms with Crippen LogP contribution in [0.1, 0.15) is 25.6 Å². The number of nitrogens with one attached hydrogen (secondary N) is 1. The summed E-state index contributed by atoms with van der Waals surface area (Å²) in [6, 6.07) is 0. The first kappa shape index (κ1) is 12.9. The van der Waals surface area contributed by atoms with Gasteiger partial charge >= 0.3 is 0 Å². The van der Waals surface area contributed by atoms with E-state index in [1.165, 1.54) is 0 Å². The summed E-state index contributed by atoms with van der Waals surface area (Å²) in [4.78, 5) is 13.1. The van der Waals surface area contributed by atoms with Gasteiger partial charge in [-0.2, -0.15) is 5.10 Å². The van der Waals surface area contributed by atoms with Crippen LogP contribution in [-0.2, 0) is 17.8 Å². The van der Waals surface area contributed by atoms with E-state index in [1.807, 2.05) is 4.57 Å². The fourth-order valence-corrected chi connectivity index (χ4v) is 1.67. The van der Waals surface area contributed by atoms with Gasteiger partial charge in [0.15, 0.2) is 4.77 Å². The van der Waals surface area contributed by atoms with Crippen molar-refractivity contribution in [2.24, 2.45) is 0 Å². The zero-order valence-electron chi connectivity index (χ0n) is 9.99. The summed E-state index contributed by atoms with van der Waals surface area (Å²) >= 11 is 5.12. The van der Waals surface area contributed by atoms with E-state index in [0.717, 1.165) is 18.7 Å². The topological polar surface area (TPSA) is 53.9 Å². The summed E-state index contributed by atoms with van der Waals surface area (Å²) in [5.74, 6) is 1.03. The molecule has 0 atom stereocenters. The molecule has 0 unspecified atom stereocenters. The summed E-state index contributed by atoms with van der Waals surface area (Å²) in [5, 5.41) is 6.92. The molecule has 0 fully saturated rings. The predicted octanol–water partition coefficient (Wildman–Crippen LogP) is 1.37. The average Bonchev–Trinajstić information content (AvgIpc) is 2.57. The summed E-state index contributed by atoms with van der Waals surface area (Å²) < 4.78 is 2.50. The maximum atomic E-state index is 11.5. The molecule has 0 spiro atoms. The maximum Gasteiger partial charge on any atom is 0.223 e. The molecule has 1 aromatic heterocycles. The standard InChI is InChI=1S/C10H18N4OS/c1-4-5-8-11-12-10(16)14(8)7-6-9(15)13(2)3/h4-7H2,1-3H3,(H,12,16). The van der Waals surface area contributed by atoms with Crippen LogP contribution in [0.3, 0.4) is 0 Å². The molecule has 5 nitrogen and oxygen atoms in total. The second kappa shape index (κ2) is 5.79. The largest absolute Gasteiger partial charge is 0.349 e. The van der Waals surface area contributed by atoms with Gasteiger partial charge in [-0.05, 0) is 18.6 Å². The lowest BCUT2D eigenvalue weighted by Gasteiger charge is -2.11. The van der Waals surface area contributed by atoms with Crippen molar-refractivity contribution in [1.82, 2.24) is 19.7 Å². The molecule has 0 saturated carbocycles. The van der Waals surface area contributed by atoms with Gasteiger partial charge in [0, 0.05) is 33.5 Å². The minimum atomic E-state index is 0.102. The predicted molar refractivity (Wildman–Crippen MR) is 64.7 cm³/mol. The molecule has 0 aliphatic heterocycles. The lowest BCUT2D eigenvalue weighted by atomic mass is 10.3. The van der Waals surface area contributed by atoms with Crippen molar-refractivity contribution in [2.75, 3.05) is 14.1 Å². The monoisotopic (exact) mass is 242 g/mol. The molecule has 0 bridgehead atoms. The van der Waals surface area contributed by atoms with E-state index in [0.29, 0.717) is 17.7 Å². The van der Waals surface area contributed by atoms with Crippen molar-refractivity contribution in [2.45, 2.75) is 32.7 Å². The van der Waals surface area contributed by atoms with Crippen LogP contribution in [0.15, 0.2) is 0 Å². The smallest absolute Gasteiger partial charge is 0.223 e. The Kier molecular flexibility index (Phi) is 4.67. The Bertz CT molecular complexity index is 407. The Morgan fingerprint density at radius 1 is 1.56 bits per heavy atom. The lowest BCUT2D eigenvalue weighted by Crippen LogP contribution is -2.23. The Morgan fingerprint density at radius 2 is 2.25 bits per heavy atom. The average molecular weight is 242 g/mol. The van der Waals surface area contributed by atoms with E-state index in [-0.39, 0.29) is 5.91 Å². The van der Waals surface area contributed by atoms with Gasteiger partial charge in [0.2, 0.25) is 5.91 Å². The Hall–Kier alpha value is -1.17. The van der Waals surface area contributed by atoms with Crippen LogP contribution in [0.2, 0.25) is 0 Å². The molecule has 1 aromatic rings. The zero-order chi connectivity index (χ0) is 12.1. The van der Waals surface area contributed by atoms with E-state index >= 15 is 0 Å². The maximum absolute atomic E-state index is 11.5. The van der Waals surface area contributed by atoms with Gasteiger partial charge in [-0.25, -0.2) is 0 Å². The first-order valence-electron chi connectivity index (χ1n) is 5.40. The minimum Gasteiger partial charge on any atom is -0.349 e. The second-order valence-electron chi connectivity index (χ2n) is 3.88. The highest BCUT2D eigenvalue weighted by Crippen LogP contribution is 2.03. The second-order valence-corrected chi connectivity index (χ2v) is 4.27. The van der Waals surface area contributed by atoms with Crippen LogP contribution in [0.5, 0.6) is 0 Å². The third-order valence-electron chi connectivity index (χ3n) is 2.36. The molecular formula is C10H18N4OS. The summed E-state index contributed by atoms with van der Waals surface area (Å²) in [6.07, 6.45) is 2.35. The van der Waals surface area contributed by atoms with Crippen molar-refractivity contribution in [3.05, 3.63) is 10.6 Å². The quantitative estimate of drug-likeness (QED) is 0.793. The van der Waals surface area contributed by atoms with Crippen molar-refractivity contribution in [3.8, 4) is 0 Å². The number of aromatic nitrogens is 3. The number of rotatable bonds is 5. The fraction of sp³-hybridized carbons (Fsp3) is 0.700. The number of hydrogen-bond acceptors (Lipinski definition) is 3. The number of aromatic amines is 1. The van der Waals surface area contributed by atoms with Crippen molar-refractivity contribution >= 4 is 18.1 Å². The SMILES string of the molecule is CCCc1n[nH]c(=S)n1CCC(=O)N(C)C. The summed E-state index contributed by atoms with van der Waals surface area (Å²) in [7, 11) is 3.51. The highest BCUT2D eigenvalue weighted by atomic mass is 32.1. The van der Waals surface area contributed by atoms with Gasteiger partial charge in [0.25, 0.3) is 0 Å². The zero-order valence-corrected chi connectivity index (χ0v) is 10.8. The first-order valence-corrected chi connectivity index (χ1v) is 5.81. The van der Waals surface area contributed by atoms with Crippen LogP contribution in [-0.4, -0.2) is 39.7 Å². The van der Waals surface area contributed by atoms with Crippen LogP contribution in [0, 0.1) is 4.77 Å². The van der Waals surface area contributed by atoms with Crippen LogP contribution >= 0.6 is 12.2 Å². The molecule has 1 heterocycles. The molecule has 0 aromatic carbocycles. The number of aryl methyl sites for hydroxylation is 1. The summed E-state index contributed by atoms with van der Waals surface area (Å²) in [5.41, 5.74) is 0. The molecule has 0 radical (unpaired) electrons. The van der Waals surface area contributed by atoms with Crippen LogP contribution in [0.4, 0.5) is 0 Å². The van der Waals surface area contributed by atoms with Crippen molar-refractivity contribution < 1.29 is 4.79 Å². The van der Waals surface area contributed by atoms with E-state index in [1.54, 1.807) is 19.0 Å². The Morgan fingerprint density at radius 3 is 2.81 bits per heavy atom. The summed E-state index contributed by atoms with van der Waals surface area (Å²) in [6.45, 7) is 2.69. The van der Waals surface area contributed by atoms with E-state index in [2.05, 4.69) is 17.1 Å².